The first-order valence-corrected chi connectivity index (χ1v) is 17.6. The molecule has 3 aromatic heterocycles. The minimum Gasteiger partial charge on any atom is -0.456 e. The fraction of sp³-hybridized carbons (Fsp3) is 0. The second-order valence-corrected chi connectivity index (χ2v) is 13.5. The van der Waals surface area contributed by atoms with Gasteiger partial charge in [-0.1, -0.05) is 114 Å². The molecular weight excluding hydrogens is 669 g/mol. The van der Waals surface area contributed by atoms with Crippen molar-refractivity contribution in [3.05, 3.63) is 133 Å². The fourth-order valence-corrected chi connectivity index (χ4v) is 7.48. The molecule has 55 heavy (non-hydrogen) atoms. The molecule has 0 amide bonds. The molecule has 0 fully saturated rings. The minimum absolute atomic E-state index is 0.184. The number of fused-ring (bicyclic) bond motifs is 6. The van der Waals surface area contributed by atoms with Crippen LogP contribution in [0, 0.1) is 0 Å². The molecular formula is C45H22B5N3O2. The lowest BCUT2D eigenvalue weighted by Gasteiger charge is -2.21. The normalized spacial score (nSPS) is 11.6. The van der Waals surface area contributed by atoms with Crippen LogP contribution in [0.5, 0.6) is 0 Å². The summed E-state index contributed by atoms with van der Waals surface area (Å²) in [5.41, 5.74) is 10.0. The predicted octanol–water partition coefficient (Wildman–Crippen LogP) is 5.97. The van der Waals surface area contributed by atoms with Crippen molar-refractivity contribution in [2.75, 3.05) is 0 Å². The van der Waals surface area contributed by atoms with Gasteiger partial charge in [0.05, 0.1) is 0 Å². The van der Waals surface area contributed by atoms with Gasteiger partial charge in [-0.25, -0.2) is 15.0 Å². The van der Waals surface area contributed by atoms with Gasteiger partial charge in [-0.05, 0) is 52.6 Å². The Bertz CT molecular complexity index is 3130. The average Bonchev–Trinajstić information content (AvgIpc) is 3.81. The van der Waals surface area contributed by atoms with Crippen molar-refractivity contribution in [1.82, 2.24) is 15.0 Å². The van der Waals surface area contributed by atoms with Gasteiger partial charge in [0.25, 0.3) is 0 Å². The van der Waals surface area contributed by atoms with Gasteiger partial charge >= 0.3 is 0 Å². The van der Waals surface area contributed by atoms with E-state index in [1.54, 1.807) is 0 Å². The molecule has 5 nitrogen and oxygen atoms in total. The van der Waals surface area contributed by atoms with Crippen LogP contribution in [0.1, 0.15) is 0 Å². The number of aromatic nitrogens is 3. The lowest BCUT2D eigenvalue weighted by Crippen LogP contribution is -2.55. The monoisotopic (exact) mass is 691 g/mol. The summed E-state index contributed by atoms with van der Waals surface area (Å²) >= 11 is 0. The number of furan rings is 2. The maximum Gasteiger partial charge on any atom is 0.164 e. The molecule has 7 aromatic carbocycles. The topological polar surface area (TPSA) is 65.0 Å². The lowest BCUT2D eigenvalue weighted by molar-refractivity contribution is 0.668. The molecule has 10 aromatic rings. The summed E-state index contributed by atoms with van der Waals surface area (Å²) in [6.07, 6.45) is 0. The van der Waals surface area contributed by atoms with E-state index in [2.05, 4.69) is 12.1 Å². The quantitative estimate of drug-likeness (QED) is 0.208. The van der Waals surface area contributed by atoms with Crippen LogP contribution in [0.25, 0.3) is 100 Å². The maximum atomic E-state index is 6.42. The van der Waals surface area contributed by atoms with E-state index >= 15 is 0 Å². The lowest BCUT2D eigenvalue weighted by atomic mass is 9.59. The van der Waals surface area contributed by atoms with E-state index in [0.717, 1.165) is 77.3 Å². The molecule has 10 rings (SSSR count). The first-order chi connectivity index (χ1) is 26.8. The van der Waals surface area contributed by atoms with E-state index in [9.17, 15) is 0 Å². The minimum atomic E-state index is 0.184. The summed E-state index contributed by atoms with van der Waals surface area (Å²) in [6.45, 7) is 0. The summed E-state index contributed by atoms with van der Waals surface area (Å²) in [5.74, 6) is 1.62. The largest absolute Gasteiger partial charge is 0.456 e. The second-order valence-electron chi connectivity index (χ2n) is 13.5. The van der Waals surface area contributed by atoms with E-state index in [4.69, 9.17) is 63.0 Å². The first kappa shape index (κ1) is 33.1. The Morgan fingerprint density at radius 3 is 1.49 bits per heavy atom. The van der Waals surface area contributed by atoms with Crippen LogP contribution < -0.4 is 27.3 Å². The molecule has 0 saturated heterocycles. The SMILES string of the molecule is [B]c1c([B])c([B])c(-c2ccc(-c3ccc4oc5cccc(-c6nc(-c7ccccc7)nc(-c7cccc8oc9ccccc9c78)n6)c5c4c3)cc2)c([B])c1[B]. The highest BCUT2D eigenvalue weighted by atomic mass is 16.3. The van der Waals surface area contributed by atoms with E-state index in [1.807, 2.05) is 121 Å². The van der Waals surface area contributed by atoms with Gasteiger partial charge in [0.1, 0.15) is 61.6 Å². The van der Waals surface area contributed by atoms with Crippen LogP contribution in [0.15, 0.2) is 142 Å². The van der Waals surface area contributed by atoms with Gasteiger partial charge in [0.15, 0.2) is 17.5 Å². The fourth-order valence-electron chi connectivity index (χ4n) is 7.48. The summed E-state index contributed by atoms with van der Waals surface area (Å²) in [7, 11) is 31.0. The number of para-hydroxylation sites is 1. The third-order valence-corrected chi connectivity index (χ3v) is 10.3. The Morgan fingerprint density at radius 1 is 0.345 bits per heavy atom. The van der Waals surface area contributed by atoms with E-state index < -0.39 is 0 Å². The Labute approximate surface area is 322 Å². The van der Waals surface area contributed by atoms with Crippen molar-refractivity contribution in [3.8, 4) is 56.4 Å². The zero-order valence-corrected chi connectivity index (χ0v) is 29.2. The summed E-state index contributed by atoms with van der Waals surface area (Å²) < 4.78 is 12.7. The van der Waals surface area contributed by atoms with Crippen LogP contribution >= 0.6 is 0 Å². The van der Waals surface area contributed by atoms with Crippen molar-refractivity contribution < 1.29 is 8.83 Å². The van der Waals surface area contributed by atoms with Crippen molar-refractivity contribution in [2.45, 2.75) is 0 Å². The van der Waals surface area contributed by atoms with Gasteiger partial charge < -0.3 is 8.83 Å². The molecule has 0 bridgehead atoms. The average molecular weight is 691 g/mol. The van der Waals surface area contributed by atoms with Gasteiger partial charge in [-0.3, -0.25) is 0 Å². The van der Waals surface area contributed by atoms with Crippen LogP contribution in [0.4, 0.5) is 0 Å². The predicted molar refractivity (Wildman–Crippen MR) is 229 cm³/mol. The summed E-state index contributed by atoms with van der Waals surface area (Å²) in [5, 5.41) is 3.76. The molecule has 10 radical (unpaired) electrons. The molecule has 244 valence electrons. The highest BCUT2D eigenvalue weighted by molar-refractivity contribution is 6.68. The third kappa shape index (κ3) is 5.35. The Hall–Kier alpha value is -6.53. The van der Waals surface area contributed by atoms with E-state index in [1.165, 1.54) is 0 Å². The molecule has 0 atom stereocenters. The van der Waals surface area contributed by atoms with Gasteiger partial charge in [0.2, 0.25) is 0 Å². The zero-order valence-electron chi connectivity index (χ0n) is 29.2. The second kappa shape index (κ2) is 12.8. The molecule has 0 spiro atoms. The van der Waals surface area contributed by atoms with Gasteiger partial charge in [-0.15, -0.1) is 16.4 Å². The Morgan fingerprint density at radius 2 is 0.836 bits per heavy atom. The zero-order chi connectivity index (χ0) is 37.4. The highest BCUT2D eigenvalue weighted by Crippen LogP contribution is 2.40. The molecule has 0 N–H and O–H groups in total. The molecule has 0 aliphatic carbocycles. The molecule has 3 heterocycles. The Balaban J connectivity index is 1.14. The Kier molecular flexibility index (Phi) is 7.70. The standard InChI is InChI=1S/C45H22B5N3O2/c46-38-35(39(47)41(49)42(50)40(38)48)24-18-16-23(17-19-24)26-20-21-32-30(22-26)37-29(12-7-15-34(37)55-32)45-52-43(25-8-2-1-3-9-25)51-44(53-45)28-11-6-14-33-36(28)27-10-4-5-13-31(27)54-33/h1-22H. The summed E-state index contributed by atoms with van der Waals surface area (Å²) in [6, 6.07) is 43.9. The van der Waals surface area contributed by atoms with Crippen molar-refractivity contribution in [2.24, 2.45) is 0 Å². The van der Waals surface area contributed by atoms with Crippen molar-refractivity contribution in [1.29, 1.82) is 0 Å². The molecule has 0 aliphatic heterocycles. The number of benzene rings is 7. The van der Waals surface area contributed by atoms with Crippen molar-refractivity contribution >= 4 is 110 Å². The van der Waals surface area contributed by atoms with Crippen LogP contribution in [0.2, 0.25) is 0 Å². The third-order valence-electron chi connectivity index (χ3n) is 10.3. The number of hydrogen-bond donors (Lipinski definition) is 0. The summed E-state index contributed by atoms with van der Waals surface area (Å²) in [4.78, 5) is 15.3. The molecule has 0 saturated carbocycles. The highest BCUT2D eigenvalue weighted by Gasteiger charge is 2.21. The number of hydrogen-bond acceptors (Lipinski definition) is 5. The van der Waals surface area contributed by atoms with Gasteiger partial charge in [0, 0.05) is 38.2 Å². The van der Waals surface area contributed by atoms with Crippen LogP contribution in [-0.2, 0) is 0 Å². The molecule has 0 unspecified atom stereocenters. The molecule has 10 heteroatoms. The smallest absolute Gasteiger partial charge is 0.164 e. The number of rotatable bonds is 5. The molecule has 0 aliphatic rings. The van der Waals surface area contributed by atoms with Crippen LogP contribution in [-0.4, -0.2) is 54.2 Å². The van der Waals surface area contributed by atoms with Gasteiger partial charge in [-0.2, -0.15) is 0 Å². The first-order valence-electron chi connectivity index (χ1n) is 17.6. The van der Waals surface area contributed by atoms with E-state index in [-0.39, 0.29) is 16.4 Å². The van der Waals surface area contributed by atoms with Crippen molar-refractivity contribution in [3.63, 3.8) is 0 Å². The van der Waals surface area contributed by atoms with Crippen LogP contribution in [0.3, 0.4) is 0 Å². The maximum absolute atomic E-state index is 6.42. The van der Waals surface area contributed by atoms with E-state index in [0.29, 0.717) is 34.0 Å². The number of nitrogens with zero attached hydrogens (tertiary/aromatic N) is 3.